The van der Waals surface area contributed by atoms with Crippen molar-refractivity contribution in [3.05, 3.63) is 65.7 Å². The first-order chi connectivity index (χ1) is 12.0. The van der Waals surface area contributed by atoms with Crippen LogP contribution in [0.25, 0.3) is 6.08 Å². The lowest BCUT2D eigenvalue weighted by Gasteiger charge is -2.19. The number of nitrogens with zero attached hydrogens (tertiary/aromatic N) is 1. The first-order valence-electron chi connectivity index (χ1n) is 8.08. The van der Waals surface area contributed by atoms with Gasteiger partial charge in [-0.1, -0.05) is 30.3 Å². The highest BCUT2D eigenvalue weighted by atomic mass is 32.2. The summed E-state index contributed by atoms with van der Waals surface area (Å²) < 4.78 is 32.1. The molecule has 0 spiro atoms. The van der Waals surface area contributed by atoms with E-state index in [1.54, 1.807) is 37.3 Å². The maximum atomic E-state index is 12.9. The van der Waals surface area contributed by atoms with Crippen LogP contribution in [0.4, 0.5) is 5.69 Å². The molecule has 0 amide bonds. The van der Waals surface area contributed by atoms with Crippen LogP contribution in [0.15, 0.2) is 59.5 Å². The SMILES string of the molecule is CCOC(=O)C=Cc1ccc(S(=O)(=O)N2CCc3ccccc32)cc1. The van der Waals surface area contributed by atoms with Crippen LogP contribution in [0.5, 0.6) is 0 Å². The lowest BCUT2D eigenvalue weighted by atomic mass is 10.2. The minimum atomic E-state index is -3.59. The van der Waals surface area contributed by atoms with E-state index >= 15 is 0 Å². The highest BCUT2D eigenvalue weighted by molar-refractivity contribution is 7.92. The van der Waals surface area contributed by atoms with Crippen molar-refractivity contribution in [3.63, 3.8) is 0 Å². The third-order valence-corrected chi connectivity index (χ3v) is 5.84. The Kier molecular flexibility index (Phi) is 4.90. The quantitative estimate of drug-likeness (QED) is 0.609. The zero-order chi connectivity index (χ0) is 17.9. The molecule has 0 bridgehead atoms. The molecule has 3 rings (SSSR count). The van der Waals surface area contributed by atoms with Gasteiger partial charge in [0.05, 0.1) is 17.2 Å². The van der Waals surface area contributed by atoms with Gasteiger partial charge in [0.15, 0.2) is 0 Å². The Morgan fingerprint density at radius 2 is 1.88 bits per heavy atom. The average Bonchev–Trinajstić information content (AvgIpc) is 3.05. The van der Waals surface area contributed by atoms with Crippen molar-refractivity contribution in [3.8, 4) is 0 Å². The average molecular weight is 357 g/mol. The molecule has 0 saturated heterocycles. The molecule has 1 aliphatic heterocycles. The first kappa shape index (κ1) is 17.2. The molecule has 0 saturated carbocycles. The molecule has 0 aromatic heterocycles. The second-order valence-electron chi connectivity index (χ2n) is 5.61. The van der Waals surface area contributed by atoms with Gasteiger partial charge in [0.1, 0.15) is 0 Å². The molecular formula is C19H19NO4S. The van der Waals surface area contributed by atoms with Crippen LogP contribution >= 0.6 is 0 Å². The van der Waals surface area contributed by atoms with Gasteiger partial charge in [-0.2, -0.15) is 0 Å². The number of para-hydroxylation sites is 1. The highest BCUT2D eigenvalue weighted by Gasteiger charge is 2.30. The third kappa shape index (κ3) is 3.58. The lowest BCUT2D eigenvalue weighted by molar-refractivity contribution is -0.137. The Hall–Kier alpha value is -2.60. The Morgan fingerprint density at radius 3 is 2.60 bits per heavy atom. The fourth-order valence-electron chi connectivity index (χ4n) is 2.79. The summed E-state index contributed by atoms with van der Waals surface area (Å²) >= 11 is 0. The molecule has 0 fully saturated rings. The summed E-state index contributed by atoms with van der Waals surface area (Å²) in [5, 5.41) is 0. The van der Waals surface area contributed by atoms with E-state index in [9.17, 15) is 13.2 Å². The summed E-state index contributed by atoms with van der Waals surface area (Å²) in [6.45, 7) is 2.51. The van der Waals surface area contributed by atoms with Crippen molar-refractivity contribution < 1.29 is 17.9 Å². The topological polar surface area (TPSA) is 63.7 Å². The van der Waals surface area contributed by atoms with E-state index in [-0.39, 0.29) is 4.90 Å². The maximum absolute atomic E-state index is 12.9. The van der Waals surface area contributed by atoms with Gasteiger partial charge in [0.2, 0.25) is 0 Å². The molecule has 6 heteroatoms. The molecular weight excluding hydrogens is 338 g/mol. The fraction of sp³-hybridized carbons (Fsp3) is 0.211. The van der Waals surface area contributed by atoms with Crippen molar-refractivity contribution in [2.24, 2.45) is 0 Å². The van der Waals surface area contributed by atoms with Gasteiger partial charge in [-0.3, -0.25) is 4.31 Å². The molecule has 2 aromatic carbocycles. The van der Waals surface area contributed by atoms with Gasteiger partial charge < -0.3 is 4.74 Å². The van der Waals surface area contributed by atoms with E-state index < -0.39 is 16.0 Å². The number of hydrogen-bond donors (Lipinski definition) is 0. The molecule has 0 atom stereocenters. The van der Waals surface area contributed by atoms with E-state index in [0.29, 0.717) is 13.2 Å². The van der Waals surface area contributed by atoms with Crippen molar-refractivity contribution in [2.45, 2.75) is 18.2 Å². The van der Waals surface area contributed by atoms with Crippen LogP contribution in [0.3, 0.4) is 0 Å². The van der Waals surface area contributed by atoms with Crippen LogP contribution in [0.1, 0.15) is 18.1 Å². The molecule has 0 unspecified atom stereocenters. The monoisotopic (exact) mass is 357 g/mol. The molecule has 5 nitrogen and oxygen atoms in total. The lowest BCUT2D eigenvalue weighted by Crippen LogP contribution is -2.29. The van der Waals surface area contributed by atoms with Crippen molar-refractivity contribution in [1.29, 1.82) is 0 Å². The Balaban J connectivity index is 1.81. The smallest absolute Gasteiger partial charge is 0.330 e. The molecule has 1 aliphatic rings. The fourth-order valence-corrected chi connectivity index (χ4v) is 4.29. The summed E-state index contributed by atoms with van der Waals surface area (Å²) in [7, 11) is -3.59. The number of carbonyl (C=O) groups excluding carboxylic acids is 1. The Bertz CT molecular complexity index is 901. The van der Waals surface area contributed by atoms with Gasteiger partial charge in [-0.15, -0.1) is 0 Å². The van der Waals surface area contributed by atoms with E-state index in [1.807, 2.05) is 24.3 Å². The molecule has 2 aromatic rings. The maximum Gasteiger partial charge on any atom is 0.330 e. The number of ether oxygens (including phenoxy) is 1. The second-order valence-corrected chi connectivity index (χ2v) is 7.47. The van der Waals surface area contributed by atoms with Gasteiger partial charge in [-0.05, 0) is 48.7 Å². The molecule has 130 valence electrons. The summed E-state index contributed by atoms with van der Waals surface area (Å²) in [6, 6.07) is 14.0. The molecule has 0 radical (unpaired) electrons. The summed E-state index contributed by atoms with van der Waals surface area (Å²) in [4.78, 5) is 11.6. The zero-order valence-corrected chi connectivity index (χ0v) is 14.7. The van der Waals surface area contributed by atoms with Gasteiger partial charge in [0, 0.05) is 12.6 Å². The van der Waals surface area contributed by atoms with Crippen LogP contribution in [-0.2, 0) is 26.0 Å². The highest BCUT2D eigenvalue weighted by Crippen LogP contribution is 2.32. The number of rotatable bonds is 5. The molecule has 0 aliphatic carbocycles. The predicted octanol–water partition coefficient (Wildman–Crippen LogP) is 3.01. The number of sulfonamides is 1. The van der Waals surface area contributed by atoms with E-state index in [0.717, 1.165) is 23.2 Å². The number of anilines is 1. The minimum absolute atomic E-state index is 0.234. The van der Waals surface area contributed by atoms with Crippen molar-refractivity contribution in [1.82, 2.24) is 0 Å². The van der Waals surface area contributed by atoms with E-state index in [4.69, 9.17) is 4.74 Å². The van der Waals surface area contributed by atoms with Gasteiger partial charge >= 0.3 is 5.97 Å². The number of carbonyl (C=O) groups is 1. The van der Waals surface area contributed by atoms with E-state index in [1.165, 1.54) is 10.4 Å². The van der Waals surface area contributed by atoms with Crippen molar-refractivity contribution in [2.75, 3.05) is 17.5 Å². The first-order valence-corrected chi connectivity index (χ1v) is 9.52. The summed E-state index contributed by atoms with van der Waals surface area (Å²) in [5.74, 6) is -0.423. The number of esters is 1. The number of benzene rings is 2. The Labute approximate surface area is 147 Å². The number of hydrogen-bond acceptors (Lipinski definition) is 4. The van der Waals surface area contributed by atoms with Crippen molar-refractivity contribution >= 4 is 27.8 Å². The number of fused-ring (bicyclic) bond motifs is 1. The van der Waals surface area contributed by atoms with Gasteiger partial charge in [-0.25, -0.2) is 13.2 Å². The molecule has 1 heterocycles. The summed E-state index contributed by atoms with van der Waals surface area (Å²) in [5.41, 5.74) is 2.52. The molecule has 0 N–H and O–H groups in total. The minimum Gasteiger partial charge on any atom is -0.463 e. The largest absolute Gasteiger partial charge is 0.463 e. The van der Waals surface area contributed by atoms with Crippen LogP contribution in [0, 0.1) is 0 Å². The molecule has 25 heavy (non-hydrogen) atoms. The van der Waals surface area contributed by atoms with Crippen LogP contribution in [-0.4, -0.2) is 27.5 Å². The van der Waals surface area contributed by atoms with Crippen LogP contribution in [0.2, 0.25) is 0 Å². The van der Waals surface area contributed by atoms with E-state index in [2.05, 4.69) is 0 Å². The zero-order valence-electron chi connectivity index (χ0n) is 13.9. The summed E-state index contributed by atoms with van der Waals surface area (Å²) in [6.07, 6.45) is 3.64. The van der Waals surface area contributed by atoms with Gasteiger partial charge in [0.25, 0.3) is 10.0 Å². The third-order valence-electron chi connectivity index (χ3n) is 4.01. The second kappa shape index (κ2) is 7.11. The Morgan fingerprint density at radius 1 is 1.16 bits per heavy atom. The standard InChI is InChI=1S/C19H19NO4S/c1-2-24-19(21)12-9-15-7-10-17(11-8-15)25(22,23)20-14-13-16-5-3-4-6-18(16)20/h3-12H,2,13-14H2,1H3. The predicted molar refractivity (Wildman–Crippen MR) is 96.8 cm³/mol. The normalized spacial score (nSPS) is 13.9. The van der Waals surface area contributed by atoms with Crippen LogP contribution < -0.4 is 4.31 Å².